The van der Waals surface area contributed by atoms with E-state index in [4.69, 9.17) is 4.74 Å². The lowest BCUT2D eigenvalue weighted by molar-refractivity contribution is -0.0323. The summed E-state index contributed by atoms with van der Waals surface area (Å²) in [5, 5.41) is 10.0. The maximum absolute atomic E-state index is 10.0. The minimum atomic E-state index is -0.450. The molecule has 1 fully saturated rings. The molecule has 0 saturated heterocycles. The van der Waals surface area contributed by atoms with Gasteiger partial charge in [-0.1, -0.05) is 6.07 Å². The Morgan fingerprint density at radius 3 is 2.67 bits per heavy atom. The van der Waals surface area contributed by atoms with Gasteiger partial charge in [-0.3, -0.25) is 0 Å². The number of ether oxygens (including phenoxy) is 1. The third kappa shape index (κ3) is 2.34. The van der Waals surface area contributed by atoms with Crippen molar-refractivity contribution in [2.24, 2.45) is 0 Å². The third-order valence-electron chi connectivity index (χ3n) is 3.03. The molecule has 2 rings (SSSR count). The summed E-state index contributed by atoms with van der Waals surface area (Å²) in [6.07, 6.45) is 3.75. The van der Waals surface area contributed by atoms with Gasteiger partial charge in [-0.15, -0.1) is 0 Å². The monoisotopic (exact) mass is 270 g/mol. The van der Waals surface area contributed by atoms with Gasteiger partial charge in [-0.05, 0) is 52.9 Å². The van der Waals surface area contributed by atoms with E-state index in [9.17, 15) is 5.11 Å². The maximum atomic E-state index is 10.0. The first kappa shape index (κ1) is 11.0. The maximum Gasteiger partial charge on any atom is 0.133 e. The van der Waals surface area contributed by atoms with E-state index in [2.05, 4.69) is 15.9 Å². The van der Waals surface area contributed by atoms with Crippen LogP contribution in [0.2, 0.25) is 0 Å². The van der Waals surface area contributed by atoms with Gasteiger partial charge in [0.05, 0.1) is 17.2 Å². The van der Waals surface area contributed by atoms with Crippen LogP contribution in [0.1, 0.15) is 24.8 Å². The molecule has 3 heteroatoms. The fraction of sp³-hybridized carbons (Fsp3) is 0.500. The van der Waals surface area contributed by atoms with Crippen molar-refractivity contribution in [2.45, 2.75) is 31.3 Å². The number of aliphatic hydroxyl groups is 1. The molecule has 2 nitrogen and oxygen atoms in total. The zero-order chi connectivity index (χ0) is 10.9. The van der Waals surface area contributed by atoms with Crippen molar-refractivity contribution >= 4 is 15.9 Å². The summed E-state index contributed by atoms with van der Waals surface area (Å²) in [5.74, 6) is 0.833. The first-order valence-electron chi connectivity index (χ1n) is 5.18. The molecule has 0 aromatic heterocycles. The van der Waals surface area contributed by atoms with Crippen LogP contribution in [-0.4, -0.2) is 17.8 Å². The normalized spacial score (nSPS) is 18.3. The number of benzene rings is 1. The van der Waals surface area contributed by atoms with Gasteiger partial charge in [-0.25, -0.2) is 0 Å². The number of hydrogen-bond acceptors (Lipinski definition) is 2. The Kier molecular flexibility index (Phi) is 3.03. The third-order valence-corrected chi connectivity index (χ3v) is 3.65. The highest BCUT2D eigenvalue weighted by Gasteiger charge is 2.34. The SMILES string of the molecule is COc1ccc(CC2(O)CCC2)cc1Br. The Bertz CT molecular complexity index is 359. The molecular weight excluding hydrogens is 256 g/mol. The first-order chi connectivity index (χ1) is 7.13. The van der Waals surface area contributed by atoms with Crippen molar-refractivity contribution in [3.63, 3.8) is 0 Å². The summed E-state index contributed by atoms with van der Waals surface area (Å²) in [6, 6.07) is 5.97. The van der Waals surface area contributed by atoms with Gasteiger partial charge in [-0.2, -0.15) is 0 Å². The molecule has 0 unspecified atom stereocenters. The lowest BCUT2D eigenvalue weighted by Gasteiger charge is -2.36. The molecule has 1 saturated carbocycles. The summed E-state index contributed by atoms with van der Waals surface area (Å²) in [5.41, 5.74) is 0.707. The summed E-state index contributed by atoms with van der Waals surface area (Å²) >= 11 is 3.45. The fourth-order valence-electron chi connectivity index (χ4n) is 1.96. The molecule has 0 bridgehead atoms. The number of hydrogen-bond donors (Lipinski definition) is 1. The largest absolute Gasteiger partial charge is 0.496 e. The van der Waals surface area contributed by atoms with Gasteiger partial charge < -0.3 is 9.84 Å². The van der Waals surface area contributed by atoms with Crippen LogP contribution in [0.25, 0.3) is 0 Å². The van der Waals surface area contributed by atoms with E-state index in [0.29, 0.717) is 0 Å². The Balaban J connectivity index is 2.12. The van der Waals surface area contributed by atoms with Gasteiger partial charge in [0.2, 0.25) is 0 Å². The van der Waals surface area contributed by atoms with Crippen molar-refractivity contribution in [3.05, 3.63) is 28.2 Å². The fourth-order valence-corrected chi connectivity index (χ4v) is 2.55. The van der Waals surface area contributed by atoms with E-state index in [1.54, 1.807) is 7.11 Å². The van der Waals surface area contributed by atoms with Crippen LogP contribution in [-0.2, 0) is 6.42 Å². The lowest BCUT2D eigenvalue weighted by Crippen LogP contribution is -2.38. The average Bonchev–Trinajstić information content (AvgIpc) is 2.16. The molecule has 0 radical (unpaired) electrons. The quantitative estimate of drug-likeness (QED) is 0.915. The van der Waals surface area contributed by atoms with Crippen LogP contribution in [0.5, 0.6) is 5.75 Å². The zero-order valence-corrected chi connectivity index (χ0v) is 10.4. The summed E-state index contributed by atoms with van der Waals surface area (Å²) in [6.45, 7) is 0. The summed E-state index contributed by atoms with van der Waals surface area (Å²) < 4.78 is 6.11. The first-order valence-corrected chi connectivity index (χ1v) is 5.97. The number of halogens is 1. The second-order valence-electron chi connectivity index (χ2n) is 4.22. The highest BCUT2D eigenvalue weighted by molar-refractivity contribution is 9.10. The van der Waals surface area contributed by atoms with Crippen LogP contribution in [0, 0.1) is 0 Å². The lowest BCUT2D eigenvalue weighted by atomic mass is 9.76. The van der Waals surface area contributed by atoms with E-state index >= 15 is 0 Å². The molecule has 0 spiro atoms. The molecule has 1 aliphatic rings. The van der Waals surface area contributed by atoms with E-state index in [1.165, 1.54) is 0 Å². The minimum absolute atomic E-state index is 0.450. The molecular formula is C12H15BrO2. The average molecular weight is 271 g/mol. The van der Waals surface area contributed by atoms with Crippen LogP contribution >= 0.6 is 15.9 Å². The minimum Gasteiger partial charge on any atom is -0.496 e. The van der Waals surface area contributed by atoms with Crippen LogP contribution < -0.4 is 4.74 Å². The van der Waals surface area contributed by atoms with E-state index in [0.717, 1.165) is 41.5 Å². The Morgan fingerprint density at radius 2 is 2.20 bits per heavy atom. The second-order valence-corrected chi connectivity index (χ2v) is 5.08. The smallest absolute Gasteiger partial charge is 0.133 e. The molecule has 0 atom stereocenters. The summed E-state index contributed by atoms with van der Waals surface area (Å²) in [4.78, 5) is 0. The second kappa shape index (κ2) is 4.14. The molecule has 82 valence electrons. The standard InChI is InChI=1S/C12H15BrO2/c1-15-11-4-3-9(7-10(11)13)8-12(14)5-2-6-12/h3-4,7,14H,2,5-6,8H2,1H3. The van der Waals surface area contributed by atoms with Crippen LogP contribution in [0.3, 0.4) is 0 Å². The highest BCUT2D eigenvalue weighted by Crippen LogP contribution is 2.36. The molecule has 0 aliphatic heterocycles. The van der Waals surface area contributed by atoms with Gasteiger partial charge in [0.15, 0.2) is 0 Å². The predicted molar refractivity (Wildman–Crippen MR) is 63.2 cm³/mol. The van der Waals surface area contributed by atoms with Crippen LogP contribution in [0.4, 0.5) is 0 Å². The van der Waals surface area contributed by atoms with E-state index in [-0.39, 0.29) is 0 Å². The summed E-state index contributed by atoms with van der Waals surface area (Å²) in [7, 11) is 1.65. The molecule has 1 aliphatic carbocycles. The van der Waals surface area contributed by atoms with E-state index < -0.39 is 5.60 Å². The Labute approximate surface area is 98.4 Å². The van der Waals surface area contributed by atoms with Gasteiger partial charge in [0.1, 0.15) is 5.75 Å². The molecule has 1 aromatic rings. The molecule has 1 N–H and O–H groups in total. The van der Waals surface area contributed by atoms with Gasteiger partial charge in [0.25, 0.3) is 0 Å². The topological polar surface area (TPSA) is 29.5 Å². The zero-order valence-electron chi connectivity index (χ0n) is 8.79. The van der Waals surface area contributed by atoms with E-state index in [1.807, 2.05) is 18.2 Å². The van der Waals surface area contributed by atoms with Crippen LogP contribution in [0.15, 0.2) is 22.7 Å². The van der Waals surface area contributed by atoms with Gasteiger partial charge in [0, 0.05) is 6.42 Å². The predicted octanol–water partition coefficient (Wildman–Crippen LogP) is 2.92. The van der Waals surface area contributed by atoms with Crippen molar-refractivity contribution in [3.8, 4) is 5.75 Å². The van der Waals surface area contributed by atoms with Crippen molar-refractivity contribution in [2.75, 3.05) is 7.11 Å². The molecule has 0 heterocycles. The number of rotatable bonds is 3. The highest BCUT2D eigenvalue weighted by atomic mass is 79.9. The van der Waals surface area contributed by atoms with Gasteiger partial charge >= 0.3 is 0 Å². The number of methoxy groups -OCH3 is 1. The Hall–Kier alpha value is -0.540. The molecule has 15 heavy (non-hydrogen) atoms. The molecule has 1 aromatic carbocycles. The van der Waals surface area contributed by atoms with Crippen molar-refractivity contribution in [1.82, 2.24) is 0 Å². The molecule has 0 amide bonds. The Morgan fingerprint density at radius 1 is 1.47 bits per heavy atom. The van der Waals surface area contributed by atoms with Crippen molar-refractivity contribution < 1.29 is 9.84 Å². The van der Waals surface area contributed by atoms with Crippen molar-refractivity contribution in [1.29, 1.82) is 0 Å².